The van der Waals surface area contributed by atoms with Gasteiger partial charge in [-0.25, -0.2) is 18.5 Å². The lowest BCUT2D eigenvalue weighted by Crippen LogP contribution is -2.42. The Kier molecular flexibility index (Phi) is 16.7. The van der Waals surface area contributed by atoms with Crippen LogP contribution < -0.4 is 16.7 Å². The first-order chi connectivity index (χ1) is 22.5. The Hall–Kier alpha value is -4.20. The molecule has 1 N–H and O–H groups in total. The molecule has 8 nitrogen and oxygen atoms in total. The van der Waals surface area contributed by atoms with Crippen molar-refractivity contribution in [1.29, 1.82) is 5.26 Å². The molecule has 11 heteroatoms. The van der Waals surface area contributed by atoms with E-state index in [1.165, 1.54) is 42.1 Å². The summed E-state index contributed by atoms with van der Waals surface area (Å²) in [6.45, 7) is 13.7. The zero-order chi connectivity index (χ0) is 34.9. The highest BCUT2D eigenvalue weighted by Crippen LogP contribution is 2.32. The molecule has 0 amide bonds. The molecule has 0 saturated heterocycles. The molecule has 2 aromatic rings. The molecule has 0 fully saturated rings. The SMILES string of the molecule is C\C=C(C)/C(=C\C(=C\CCC)Nc1nc(=O)n(-c2cncc(Cl)c2)c(=O)n1CCC(/C=C(C#N)\C(F)=C/C)=C\CC)S/C(C)=C/CC. The molecule has 0 aromatic carbocycles. The third-order valence-corrected chi connectivity index (χ3v) is 8.21. The molecule has 0 aliphatic carbocycles. The van der Waals surface area contributed by atoms with Crippen LogP contribution in [-0.4, -0.2) is 19.1 Å². The second kappa shape index (κ2) is 20.1. The van der Waals surface area contributed by atoms with Gasteiger partial charge in [-0.1, -0.05) is 80.9 Å². The quantitative estimate of drug-likeness (QED) is 0.139. The molecule has 0 aliphatic rings. The van der Waals surface area contributed by atoms with Crippen LogP contribution in [0.25, 0.3) is 5.69 Å². The highest BCUT2D eigenvalue weighted by Gasteiger charge is 2.17. The van der Waals surface area contributed by atoms with Crippen LogP contribution in [0.3, 0.4) is 0 Å². The molecule has 250 valence electrons. The van der Waals surface area contributed by atoms with Gasteiger partial charge in [0, 0.05) is 23.3 Å². The first kappa shape index (κ1) is 39.0. The van der Waals surface area contributed by atoms with Crippen molar-refractivity contribution >= 4 is 29.3 Å². The van der Waals surface area contributed by atoms with Gasteiger partial charge in [-0.2, -0.15) is 10.2 Å². The average molecular weight is 679 g/mol. The number of anilines is 1. The summed E-state index contributed by atoms with van der Waals surface area (Å²) in [5, 5.41) is 13.1. The van der Waals surface area contributed by atoms with Gasteiger partial charge >= 0.3 is 11.4 Å². The molecule has 2 aromatic heterocycles. The number of unbranched alkanes of at least 4 members (excludes halogenated alkanes) is 1. The van der Waals surface area contributed by atoms with Crippen LogP contribution in [-0.2, 0) is 6.54 Å². The first-order valence-electron chi connectivity index (χ1n) is 15.7. The van der Waals surface area contributed by atoms with E-state index in [-0.39, 0.29) is 35.2 Å². The van der Waals surface area contributed by atoms with E-state index in [4.69, 9.17) is 11.6 Å². The monoisotopic (exact) mass is 678 g/mol. The Morgan fingerprint density at radius 1 is 1.09 bits per heavy atom. The normalized spacial score (nSPS) is 14.0. The maximum Gasteiger partial charge on any atom is 0.359 e. The number of aromatic nitrogens is 4. The number of hydrogen-bond donors (Lipinski definition) is 1. The van der Waals surface area contributed by atoms with E-state index in [1.54, 1.807) is 11.8 Å². The lowest BCUT2D eigenvalue weighted by atomic mass is 10.1. The molecule has 0 atom stereocenters. The largest absolute Gasteiger partial charge is 0.359 e. The van der Waals surface area contributed by atoms with E-state index in [2.05, 4.69) is 42.1 Å². The van der Waals surface area contributed by atoms with Crippen LogP contribution in [0.1, 0.15) is 80.6 Å². The predicted octanol–water partition coefficient (Wildman–Crippen LogP) is 9.49. The Morgan fingerprint density at radius 3 is 2.40 bits per heavy atom. The smallest absolute Gasteiger partial charge is 0.326 e. The number of pyridine rings is 1. The van der Waals surface area contributed by atoms with Crippen LogP contribution in [0.4, 0.5) is 10.3 Å². The lowest BCUT2D eigenvalue weighted by molar-refractivity contribution is 0.606. The summed E-state index contributed by atoms with van der Waals surface area (Å²) in [6, 6.07) is 3.36. The molecule has 0 unspecified atom stereocenters. The summed E-state index contributed by atoms with van der Waals surface area (Å²) in [6.07, 6.45) is 18.9. The van der Waals surface area contributed by atoms with E-state index in [0.29, 0.717) is 17.7 Å². The first-order valence-corrected chi connectivity index (χ1v) is 16.9. The van der Waals surface area contributed by atoms with Crippen LogP contribution in [0.5, 0.6) is 0 Å². The number of thioether (sulfide) groups is 1. The van der Waals surface area contributed by atoms with Crippen molar-refractivity contribution in [3.05, 3.63) is 125 Å². The van der Waals surface area contributed by atoms with Crippen molar-refractivity contribution < 1.29 is 4.39 Å². The molecule has 0 radical (unpaired) electrons. The van der Waals surface area contributed by atoms with Crippen LogP contribution in [0.2, 0.25) is 5.02 Å². The summed E-state index contributed by atoms with van der Waals surface area (Å²) >= 11 is 7.79. The third-order valence-electron chi connectivity index (χ3n) is 6.85. The predicted molar refractivity (Wildman–Crippen MR) is 194 cm³/mol. The van der Waals surface area contributed by atoms with Gasteiger partial charge < -0.3 is 5.32 Å². The molecular formula is C36H44ClFN6O2S. The third kappa shape index (κ3) is 11.8. The fraction of sp³-hybridized carbons (Fsp3) is 0.361. The van der Waals surface area contributed by atoms with Crippen LogP contribution in [0.15, 0.2) is 109 Å². The van der Waals surface area contributed by atoms with E-state index in [1.807, 2.05) is 51.1 Å². The average Bonchev–Trinajstić information content (AvgIpc) is 3.04. The topological polar surface area (TPSA) is 106 Å². The van der Waals surface area contributed by atoms with Crippen molar-refractivity contribution in [3.63, 3.8) is 0 Å². The molecule has 2 rings (SSSR count). The van der Waals surface area contributed by atoms with Gasteiger partial charge in [-0.3, -0.25) is 9.55 Å². The number of hydrogen-bond acceptors (Lipinski definition) is 7. The molecule has 0 spiro atoms. The Labute approximate surface area is 286 Å². The van der Waals surface area contributed by atoms with Crippen molar-refractivity contribution in [3.8, 4) is 11.8 Å². The molecule has 47 heavy (non-hydrogen) atoms. The van der Waals surface area contributed by atoms with Gasteiger partial charge in [0.15, 0.2) is 0 Å². The number of nitrogens with one attached hydrogen (secondary N) is 1. The number of rotatable bonds is 16. The second-order valence-corrected chi connectivity index (χ2v) is 12.2. The molecule has 0 saturated carbocycles. The maximum absolute atomic E-state index is 14.4. The zero-order valence-corrected chi connectivity index (χ0v) is 29.8. The van der Waals surface area contributed by atoms with E-state index >= 15 is 0 Å². The van der Waals surface area contributed by atoms with Crippen molar-refractivity contribution in [2.24, 2.45) is 0 Å². The summed E-state index contributed by atoms with van der Waals surface area (Å²) in [5.41, 5.74) is 1.00. The molecule has 0 aliphatic heterocycles. The highest BCUT2D eigenvalue weighted by atomic mass is 35.5. The second-order valence-electron chi connectivity index (χ2n) is 10.5. The van der Waals surface area contributed by atoms with Gasteiger partial charge in [0.25, 0.3) is 0 Å². The number of halogens is 2. The van der Waals surface area contributed by atoms with E-state index < -0.39 is 17.2 Å². The molecule has 2 heterocycles. The van der Waals surface area contributed by atoms with Crippen molar-refractivity contribution in [1.82, 2.24) is 19.1 Å². The zero-order valence-electron chi connectivity index (χ0n) is 28.2. The fourth-order valence-electron chi connectivity index (χ4n) is 4.35. The summed E-state index contributed by atoms with van der Waals surface area (Å²) in [5.74, 6) is -0.586. The molecule has 0 bridgehead atoms. The van der Waals surface area contributed by atoms with Crippen LogP contribution >= 0.6 is 23.4 Å². The molecular weight excluding hydrogens is 635 g/mol. The van der Waals surface area contributed by atoms with Gasteiger partial charge in [0.2, 0.25) is 5.95 Å². The maximum atomic E-state index is 14.4. The minimum absolute atomic E-state index is 0.0492. The van der Waals surface area contributed by atoms with Crippen molar-refractivity contribution in [2.75, 3.05) is 5.32 Å². The van der Waals surface area contributed by atoms with Crippen LogP contribution in [0, 0.1) is 11.3 Å². The van der Waals surface area contributed by atoms with Gasteiger partial charge in [0.05, 0.1) is 22.5 Å². The number of nitrogens with zero attached hydrogens (tertiary/aromatic N) is 5. The standard InChI is InChI=1S/C36H44ClFN6O2S/c1-8-13-16-30(21-33(25(6)11-4)47-26(7)14-9-2)41-34-42-35(45)44(31-20-29(37)23-40-24-31)36(46)43(34)18-17-27(15-10-3)19-28(22-39)32(38)12-5/h11-12,14-16,19-21,23-24H,8-10,13,17-18H2,1-7H3,(H,41,42,45)/b25-11-,26-14+,27-15+,28-19-,30-16-,32-12+,33-21+. The summed E-state index contributed by atoms with van der Waals surface area (Å²) in [4.78, 5) is 38.0. The Morgan fingerprint density at radius 2 is 1.81 bits per heavy atom. The Bertz CT molecular complexity index is 1790. The van der Waals surface area contributed by atoms with Gasteiger partial charge in [-0.15, -0.1) is 0 Å². The van der Waals surface area contributed by atoms with E-state index in [0.717, 1.165) is 39.2 Å². The Balaban J connectivity index is 2.80. The van der Waals surface area contributed by atoms with Crippen molar-refractivity contribution in [2.45, 2.75) is 87.1 Å². The summed E-state index contributed by atoms with van der Waals surface area (Å²) in [7, 11) is 0. The minimum Gasteiger partial charge on any atom is -0.326 e. The minimum atomic E-state index is -0.802. The summed E-state index contributed by atoms with van der Waals surface area (Å²) < 4.78 is 16.6. The number of allylic oxidation sites excluding steroid dienone is 12. The fourth-order valence-corrected chi connectivity index (χ4v) is 5.58. The lowest BCUT2D eigenvalue weighted by Gasteiger charge is -2.17. The number of nitriles is 1. The van der Waals surface area contributed by atoms with Gasteiger partial charge in [0.1, 0.15) is 11.9 Å². The van der Waals surface area contributed by atoms with E-state index in [9.17, 15) is 19.2 Å². The highest BCUT2D eigenvalue weighted by molar-refractivity contribution is 8.06. The van der Waals surface area contributed by atoms with Gasteiger partial charge in [-0.05, 0) is 87.6 Å².